The van der Waals surface area contributed by atoms with Crippen LogP contribution in [0, 0.1) is 0 Å². The van der Waals surface area contributed by atoms with E-state index in [1.54, 1.807) is 18.3 Å². The lowest BCUT2D eigenvalue weighted by molar-refractivity contribution is 0.0455. The summed E-state index contributed by atoms with van der Waals surface area (Å²) in [5.41, 5.74) is 6.32. The van der Waals surface area contributed by atoms with Crippen molar-refractivity contribution in [1.29, 1.82) is 0 Å². The first-order chi connectivity index (χ1) is 5.11. The molecule has 0 radical (unpaired) electrons. The average molecular weight is 169 g/mol. The van der Waals surface area contributed by atoms with Crippen molar-refractivity contribution in [2.45, 2.75) is 25.0 Å². The smallest absolute Gasteiger partial charge is 0.0860 e. The summed E-state index contributed by atoms with van der Waals surface area (Å²) in [7, 11) is 0. The molecule has 0 aromatic carbocycles. The third kappa shape index (κ3) is 0.922. The van der Waals surface area contributed by atoms with Crippen LogP contribution in [0.1, 0.15) is 23.4 Å². The molecule has 2 rings (SSSR count). The summed E-state index contributed by atoms with van der Waals surface area (Å²) in [4.78, 5) is 1.15. The van der Waals surface area contributed by atoms with Crippen LogP contribution in [-0.2, 0) is 6.42 Å². The van der Waals surface area contributed by atoms with Gasteiger partial charge in [0.25, 0.3) is 0 Å². The lowest BCUT2D eigenvalue weighted by atomic mass is 10.0. The molecule has 2 atom stereocenters. The molecule has 1 heterocycles. The molecule has 3 heteroatoms. The second-order valence-electron chi connectivity index (χ2n) is 3.32. The highest BCUT2D eigenvalue weighted by Crippen LogP contribution is 2.40. The highest BCUT2D eigenvalue weighted by Gasteiger charge is 2.39. The molecule has 60 valence electrons. The summed E-state index contributed by atoms with van der Waals surface area (Å²) in [5, 5.41) is 11.8. The summed E-state index contributed by atoms with van der Waals surface area (Å²) in [6.07, 6.45) is 0.701. The Labute approximate surface area is 69.7 Å². The fraction of sp³-hybridized carbons (Fsp3) is 0.500. The molecule has 0 amide bonds. The molecule has 3 N–H and O–H groups in total. The van der Waals surface area contributed by atoms with Crippen molar-refractivity contribution in [2.24, 2.45) is 5.73 Å². The zero-order chi connectivity index (χ0) is 8.06. The predicted molar refractivity (Wildman–Crippen MR) is 45.6 cm³/mol. The van der Waals surface area contributed by atoms with E-state index in [4.69, 9.17) is 5.73 Å². The van der Waals surface area contributed by atoms with Gasteiger partial charge in [0, 0.05) is 11.3 Å². The van der Waals surface area contributed by atoms with Crippen LogP contribution in [0.5, 0.6) is 0 Å². The number of hydrogen-bond donors (Lipinski definition) is 2. The first kappa shape index (κ1) is 7.28. The standard InChI is InChI=1S/C8H11NOS/c1-8(10)4-5-2-3-11-6(5)7(8)9/h2-3,7,10H,4,9H2,1H3/t7-,8+/m0/s1. The SMILES string of the molecule is C[C@@]1(O)Cc2ccsc2[C@@H]1N. The topological polar surface area (TPSA) is 46.2 Å². The highest BCUT2D eigenvalue weighted by atomic mass is 32.1. The molecule has 11 heavy (non-hydrogen) atoms. The quantitative estimate of drug-likeness (QED) is 0.610. The Morgan fingerprint density at radius 2 is 2.55 bits per heavy atom. The summed E-state index contributed by atoms with van der Waals surface area (Å²) >= 11 is 1.64. The maximum Gasteiger partial charge on any atom is 0.0860 e. The van der Waals surface area contributed by atoms with Crippen LogP contribution in [0.3, 0.4) is 0 Å². The normalized spacial score (nSPS) is 35.7. The van der Waals surface area contributed by atoms with Crippen LogP contribution >= 0.6 is 11.3 Å². The van der Waals surface area contributed by atoms with Gasteiger partial charge in [0.1, 0.15) is 0 Å². The first-order valence-corrected chi connectivity index (χ1v) is 4.53. The third-order valence-corrected chi connectivity index (χ3v) is 3.32. The van der Waals surface area contributed by atoms with Crippen LogP contribution in [0.4, 0.5) is 0 Å². The van der Waals surface area contributed by atoms with Crippen molar-refractivity contribution in [2.75, 3.05) is 0 Å². The van der Waals surface area contributed by atoms with E-state index in [1.165, 1.54) is 5.56 Å². The molecular weight excluding hydrogens is 158 g/mol. The molecule has 0 saturated carbocycles. The monoisotopic (exact) mass is 169 g/mol. The molecule has 1 aliphatic carbocycles. The largest absolute Gasteiger partial charge is 0.388 e. The molecule has 1 aromatic heterocycles. The Morgan fingerprint density at radius 1 is 1.82 bits per heavy atom. The van der Waals surface area contributed by atoms with Crippen LogP contribution in [-0.4, -0.2) is 10.7 Å². The number of aliphatic hydroxyl groups is 1. The van der Waals surface area contributed by atoms with Gasteiger partial charge in [-0.25, -0.2) is 0 Å². The summed E-state index contributed by atoms with van der Waals surface area (Å²) < 4.78 is 0. The van der Waals surface area contributed by atoms with E-state index < -0.39 is 5.60 Å². The Bertz CT molecular complexity index is 279. The van der Waals surface area contributed by atoms with Gasteiger partial charge in [-0.15, -0.1) is 11.3 Å². The molecule has 0 fully saturated rings. The molecule has 0 bridgehead atoms. The molecule has 0 aliphatic heterocycles. The van der Waals surface area contributed by atoms with Gasteiger partial charge in [-0.05, 0) is 23.9 Å². The van der Waals surface area contributed by atoms with E-state index in [-0.39, 0.29) is 6.04 Å². The van der Waals surface area contributed by atoms with Gasteiger partial charge in [-0.2, -0.15) is 0 Å². The number of fused-ring (bicyclic) bond motifs is 1. The van der Waals surface area contributed by atoms with E-state index in [2.05, 4.69) is 0 Å². The minimum Gasteiger partial charge on any atom is -0.388 e. The Kier molecular flexibility index (Phi) is 1.36. The van der Waals surface area contributed by atoms with Gasteiger partial charge in [-0.1, -0.05) is 0 Å². The lowest BCUT2D eigenvalue weighted by Crippen LogP contribution is -2.34. The van der Waals surface area contributed by atoms with Crippen LogP contribution in [0.25, 0.3) is 0 Å². The maximum absolute atomic E-state index is 9.75. The molecule has 0 saturated heterocycles. The Hall–Kier alpha value is -0.380. The molecule has 1 aliphatic rings. The van der Waals surface area contributed by atoms with E-state index in [1.807, 2.05) is 11.4 Å². The van der Waals surface area contributed by atoms with Gasteiger partial charge in [0.2, 0.25) is 0 Å². The van der Waals surface area contributed by atoms with Crippen LogP contribution < -0.4 is 5.73 Å². The van der Waals surface area contributed by atoms with E-state index >= 15 is 0 Å². The number of nitrogens with two attached hydrogens (primary N) is 1. The van der Waals surface area contributed by atoms with Crippen molar-refractivity contribution >= 4 is 11.3 Å². The van der Waals surface area contributed by atoms with Crippen molar-refractivity contribution in [3.63, 3.8) is 0 Å². The van der Waals surface area contributed by atoms with Gasteiger partial charge in [-0.3, -0.25) is 0 Å². The maximum atomic E-state index is 9.75. The van der Waals surface area contributed by atoms with Gasteiger partial charge in [0.05, 0.1) is 11.6 Å². The van der Waals surface area contributed by atoms with E-state index in [0.717, 1.165) is 4.88 Å². The molecule has 0 unspecified atom stereocenters. The first-order valence-electron chi connectivity index (χ1n) is 3.65. The molecule has 0 spiro atoms. The minimum absolute atomic E-state index is 0.183. The second-order valence-corrected chi connectivity index (χ2v) is 4.27. The zero-order valence-corrected chi connectivity index (χ0v) is 7.19. The van der Waals surface area contributed by atoms with Gasteiger partial charge < -0.3 is 10.8 Å². The third-order valence-electron chi connectivity index (χ3n) is 2.28. The number of thiophene rings is 1. The molecular formula is C8H11NOS. The molecule has 2 nitrogen and oxygen atoms in total. The van der Waals surface area contributed by atoms with Gasteiger partial charge >= 0.3 is 0 Å². The van der Waals surface area contributed by atoms with Crippen molar-refractivity contribution < 1.29 is 5.11 Å². The number of rotatable bonds is 0. The predicted octanol–water partition coefficient (Wildman–Crippen LogP) is 1.05. The molecule has 1 aromatic rings. The van der Waals surface area contributed by atoms with Crippen LogP contribution in [0.15, 0.2) is 11.4 Å². The summed E-state index contributed by atoms with van der Waals surface area (Å²) in [6.45, 7) is 1.80. The summed E-state index contributed by atoms with van der Waals surface area (Å²) in [6, 6.07) is 1.86. The van der Waals surface area contributed by atoms with Crippen molar-refractivity contribution in [3.8, 4) is 0 Å². The summed E-state index contributed by atoms with van der Waals surface area (Å²) in [5.74, 6) is 0. The zero-order valence-electron chi connectivity index (χ0n) is 6.37. The fourth-order valence-corrected chi connectivity index (χ4v) is 2.62. The highest BCUT2D eigenvalue weighted by molar-refractivity contribution is 7.10. The van der Waals surface area contributed by atoms with Crippen molar-refractivity contribution in [1.82, 2.24) is 0 Å². The Morgan fingerprint density at radius 3 is 3.18 bits per heavy atom. The lowest BCUT2D eigenvalue weighted by Gasteiger charge is -2.21. The Balaban J connectivity index is 2.45. The van der Waals surface area contributed by atoms with Crippen LogP contribution in [0.2, 0.25) is 0 Å². The second kappa shape index (κ2) is 2.06. The number of hydrogen-bond acceptors (Lipinski definition) is 3. The van der Waals surface area contributed by atoms with Gasteiger partial charge in [0.15, 0.2) is 0 Å². The minimum atomic E-state index is -0.720. The van der Waals surface area contributed by atoms with E-state index in [0.29, 0.717) is 6.42 Å². The average Bonchev–Trinajstić information content (AvgIpc) is 2.39. The van der Waals surface area contributed by atoms with Crippen molar-refractivity contribution in [3.05, 3.63) is 21.9 Å². The van der Waals surface area contributed by atoms with E-state index in [9.17, 15) is 5.11 Å². The fourth-order valence-electron chi connectivity index (χ4n) is 1.54.